The number of hydrogen-bond donors (Lipinski definition) is 1. The average Bonchev–Trinajstić information content (AvgIpc) is 3.46. The first-order valence-corrected chi connectivity index (χ1v) is 9.27. The van der Waals surface area contributed by atoms with Crippen LogP contribution in [-0.2, 0) is 0 Å². The highest BCUT2D eigenvalue weighted by atomic mass is 16.5. The molecule has 0 aliphatic heterocycles. The van der Waals surface area contributed by atoms with E-state index in [2.05, 4.69) is 15.4 Å². The molecule has 3 aromatic carbocycles. The van der Waals surface area contributed by atoms with Crippen LogP contribution < -0.4 is 10.1 Å². The monoisotopic (exact) mass is 396 g/mol. The number of hydrogen-bond acceptors (Lipinski definition) is 5. The van der Waals surface area contributed by atoms with Crippen molar-refractivity contribution in [3.05, 3.63) is 97.3 Å². The third-order valence-corrected chi connectivity index (χ3v) is 4.57. The van der Waals surface area contributed by atoms with E-state index in [1.54, 1.807) is 41.5 Å². The summed E-state index contributed by atoms with van der Waals surface area (Å²) in [6.45, 7) is 0. The van der Waals surface area contributed by atoms with Crippen molar-refractivity contribution in [1.29, 1.82) is 0 Å². The lowest BCUT2D eigenvalue weighted by molar-refractivity contribution is 0.102. The van der Waals surface area contributed by atoms with Crippen LogP contribution in [0.3, 0.4) is 0 Å². The van der Waals surface area contributed by atoms with Crippen LogP contribution in [0.2, 0.25) is 0 Å². The first kappa shape index (κ1) is 17.7. The highest BCUT2D eigenvalue weighted by Crippen LogP contribution is 2.28. The molecule has 1 amide bonds. The van der Waals surface area contributed by atoms with Gasteiger partial charge in [-0.1, -0.05) is 24.3 Å². The number of rotatable bonds is 5. The number of nitrogens with zero attached hydrogens (tertiary/aromatic N) is 3. The van der Waals surface area contributed by atoms with E-state index in [0.717, 1.165) is 16.8 Å². The Morgan fingerprint density at radius 3 is 2.67 bits per heavy atom. The van der Waals surface area contributed by atoms with Gasteiger partial charge in [0.2, 0.25) is 0 Å². The molecule has 7 nitrogen and oxygen atoms in total. The maximum atomic E-state index is 12.9. The molecular formula is C23H16N4O3. The molecule has 5 rings (SSSR count). The van der Waals surface area contributed by atoms with E-state index in [9.17, 15) is 4.79 Å². The third-order valence-electron chi connectivity index (χ3n) is 4.57. The molecule has 0 radical (unpaired) electrons. The van der Waals surface area contributed by atoms with Gasteiger partial charge in [-0.05, 0) is 42.5 Å². The van der Waals surface area contributed by atoms with Crippen molar-refractivity contribution in [2.45, 2.75) is 0 Å². The molecule has 0 fully saturated rings. The highest BCUT2D eigenvalue weighted by Gasteiger charge is 2.17. The third kappa shape index (κ3) is 3.40. The first-order valence-electron chi connectivity index (χ1n) is 9.27. The number of furan rings is 1. The van der Waals surface area contributed by atoms with Crippen molar-refractivity contribution in [2.24, 2.45) is 0 Å². The lowest BCUT2D eigenvalue weighted by Gasteiger charge is -2.10. The number of ether oxygens (including phenoxy) is 1. The minimum Gasteiger partial charge on any atom is -0.463 e. The smallest absolute Gasteiger partial charge is 0.259 e. The van der Waals surface area contributed by atoms with Crippen LogP contribution in [0.1, 0.15) is 10.4 Å². The number of amides is 1. The van der Waals surface area contributed by atoms with Crippen molar-refractivity contribution >= 4 is 22.6 Å². The molecule has 7 heteroatoms. The summed E-state index contributed by atoms with van der Waals surface area (Å²) in [5.41, 5.74) is 2.31. The van der Waals surface area contributed by atoms with Gasteiger partial charge in [0, 0.05) is 17.1 Å². The number of aromatic nitrogens is 3. The number of nitrogens with one attached hydrogen (secondary N) is 1. The number of fused-ring (bicyclic) bond motifs is 1. The van der Waals surface area contributed by atoms with Gasteiger partial charge < -0.3 is 14.5 Å². The minimum absolute atomic E-state index is 0.281. The molecule has 0 atom stereocenters. The molecule has 0 unspecified atom stereocenters. The molecule has 0 aliphatic carbocycles. The Balaban J connectivity index is 1.41. The summed E-state index contributed by atoms with van der Waals surface area (Å²) in [7, 11) is 0. The van der Waals surface area contributed by atoms with Crippen molar-refractivity contribution < 1.29 is 13.9 Å². The highest BCUT2D eigenvalue weighted by molar-refractivity contribution is 6.12. The molecule has 5 aromatic rings. The van der Waals surface area contributed by atoms with Crippen LogP contribution in [-0.4, -0.2) is 20.7 Å². The molecule has 2 heterocycles. The maximum Gasteiger partial charge on any atom is 0.259 e. The lowest BCUT2D eigenvalue weighted by atomic mass is 10.1. The Kier molecular flexibility index (Phi) is 4.46. The van der Waals surface area contributed by atoms with E-state index in [1.165, 1.54) is 6.33 Å². The fourth-order valence-electron chi connectivity index (χ4n) is 3.22. The minimum atomic E-state index is -0.281. The molecule has 0 saturated carbocycles. The summed E-state index contributed by atoms with van der Waals surface area (Å²) in [6.07, 6.45) is 4.60. The quantitative estimate of drug-likeness (QED) is 0.449. The number of carbonyl (C=O) groups excluding carboxylic acids is 1. The Labute approximate surface area is 171 Å². The van der Waals surface area contributed by atoms with Crippen LogP contribution in [0, 0.1) is 0 Å². The molecule has 146 valence electrons. The lowest BCUT2D eigenvalue weighted by Crippen LogP contribution is -2.12. The predicted octanol–water partition coefficient (Wildman–Crippen LogP) is 5.06. The topological polar surface area (TPSA) is 82.2 Å². The number of para-hydroxylation sites is 1. The van der Waals surface area contributed by atoms with Crippen molar-refractivity contribution in [3.63, 3.8) is 0 Å². The SMILES string of the molecule is O=C(Nc1cccc(Oc2ccccc2)c1)c1ccc(-n2cncn2)c2ccoc12. The van der Waals surface area contributed by atoms with Gasteiger partial charge in [-0.2, -0.15) is 5.10 Å². The van der Waals surface area contributed by atoms with Crippen molar-refractivity contribution in [1.82, 2.24) is 14.8 Å². The van der Waals surface area contributed by atoms with E-state index in [0.29, 0.717) is 22.6 Å². The van der Waals surface area contributed by atoms with Gasteiger partial charge in [0.15, 0.2) is 0 Å². The molecule has 0 spiro atoms. The molecule has 30 heavy (non-hydrogen) atoms. The van der Waals surface area contributed by atoms with Gasteiger partial charge in [-0.3, -0.25) is 4.79 Å². The molecule has 2 aromatic heterocycles. The van der Waals surface area contributed by atoms with Crippen molar-refractivity contribution in [2.75, 3.05) is 5.32 Å². The zero-order chi connectivity index (χ0) is 20.3. The summed E-state index contributed by atoms with van der Waals surface area (Å²) in [6, 6.07) is 22.0. The van der Waals surface area contributed by atoms with E-state index >= 15 is 0 Å². The van der Waals surface area contributed by atoms with Gasteiger partial charge in [0.25, 0.3) is 5.91 Å². The van der Waals surface area contributed by atoms with E-state index in [1.807, 2.05) is 48.5 Å². The second-order valence-corrected chi connectivity index (χ2v) is 6.53. The van der Waals surface area contributed by atoms with Crippen LogP contribution in [0.25, 0.3) is 16.7 Å². The van der Waals surface area contributed by atoms with E-state index < -0.39 is 0 Å². The number of carbonyl (C=O) groups is 1. The average molecular weight is 396 g/mol. The maximum absolute atomic E-state index is 12.9. The second-order valence-electron chi connectivity index (χ2n) is 6.53. The van der Waals surface area contributed by atoms with Gasteiger partial charge in [0.1, 0.15) is 29.7 Å². The summed E-state index contributed by atoms with van der Waals surface area (Å²) in [5.74, 6) is 1.07. The number of benzene rings is 3. The molecule has 0 saturated heterocycles. The second kappa shape index (κ2) is 7.56. The zero-order valence-corrected chi connectivity index (χ0v) is 15.7. The Bertz CT molecular complexity index is 1310. The Morgan fingerprint density at radius 2 is 1.83 bits per heavy atom. The molecular weight excluding hydrogens is 380 g/mol. The largest absolute Gasteiger partial charge is 0.463 e. The summed E-state index contributed by atoms with van der Waals surface area (Å²) >= 11 is 0. The Hall–Kier alpha value is -4.39. The predicted molar refractivity (Wildman–Crippen MR) is 112 cm³/mol. The van der Waals surface area contributed by atoms with Crippen LogP contribution >= 0.6 is 0 Å². The van der Waals surface area contributed by atoms with Crippen molar-refractivity contribution in [3.8, 4) is 17.2 Å². The first-order chi connectivity index (χ1) is 14.8. The van der Waals surface area contributed by atoms with Gasteiger partial charge in [-0.25, -0.2) is 9.67 Å². The fourth-order valence-corrected chi connectivity index (χ4v) is 3.22. The van der Waals surface area contributed by atoms with E-state index in [-0.39, 0.29) is 5.91 Å². The Morgan fingerprint density at radius 1 is 0.967 bits per heavy atom. The van der Waals surface area contributed by atoms with Crippen LogP contribution in [0.4, 0.5) is 5.69 Å². The summed E-state index contributed by atoms with van der Waals surface area (Å²) < 4.78 is 13.1. The molecule has 0 aliphatic rings. The summed E-state index contributed by atoms with van der Waals surface area (Å²) in [4.78, 5) is 16.9. The standard InChI is InChI=1S/C23H16N4O3/c28-23(26-16-5-4-8-18(13-16)30-17-6-2-1-3-7-17)20-9-10-21(27-15-24-14-25-27)19-11-12-29-22(19)20/h1-15H,(H,26,28). The van der Waals surface area contributed by atoms with Crippen LogP contribution in [0.5, 0.6) is 11.5 Å². The van der Waals surface area contributed by atoms with Gasteiger partial charge in [-0.15, -0.1) is 0 Å². The molecule has 1 N–H and O–H groups in total. The summed E-state index contributed by atoms with van der Waals surface area (Å²) in [5, 5.41) is 7.83. The van der Waals surface area contributed by atoms with Gasteiger partial charge in [0.05, 0.1) is 17.5 Å². The van der Waals surface area contributed by atoms with Crippen LogP contribution in [0.15, 0.2) is 96.1 Å². The number of anilines is 1. The van der Waals surface area contributed by atoms with Gasteiger partial charge >= 0.3 is 0 Å². The normalized spacial score (nSPS) is 10.8. The zero-order valence-electron chi connectivity index (χ0n) is 15.7. The van der Waals surface area contributed by atoms with E-state index in [4.69, 9.17) is 9.15 Å². The fraction of sp³-hybridized carbons (Fsp3) is 0. The molecule has 0 bridgehead atoms.